The number of anilines is 1. The maximum Gasteiger partial charge on any atom is 0.222 e. The summed E-state index contributed by atoms with van der Waals surface area (Å²) in [5.74, 6) is 0.850. The van der Waals surface area contributed by atoms with Crippen molar-refractivity contribution in [1.82, 2.24) is 19.3 Å². The summed E-state index contributed by atoms with van der Waals surface area (Å²) in [6.45, 7) is 4.01. The Morgan fingerprint density at radius 1 is 1.23 bits per heavy atom. The second-order valence-corrected chi connectivity index (χ2v) is 7.55. The van der Waals surface area contributed by atoms with Crippen LogP contribution in [0.3, 0.4) is 0 Å². The molecular formula is C19H21N5OS. The highest BCUT2D eigenvalue weighted by molar-refractivity contribution is 7.99. The first-order valence-corrected chi connectivity index (χ1v) is 9.65. The number of nitrogen functional groups attached to an aromatic ring is 1. The number of hydrogen-bond acceptors (Lipinski definition) is 5. The Balaban J connectivity index is 1.54. The number of aromatic nitrogens is 4. The van der Waals surface area contributed by atoms with Crippen molar-refractivity contribution in [2.24, 2.45) is 0 Å². The van der Waals surface area contributed by atoms with Gasteiger partial charge < -0.3 is 10.3 Å². The number of benzene rings is 1. The highest BCUT2D eigenvalue weighted by Gasteiger charge is 2.29. The molecule has 0 saturated heterocycles. The third-order valence-electron chi connectivity index (χ3n) is 4.68. The standard InChI is InChI=1S/C19H21N5OS/c1-12-10-16(13(2)23(12)14-6-4-3-5-7-14)17(25)11-26-19-22-21-18(20)24(19)15-8-9-15/h3-7,10,15H,8-9,11H2,1-2H3,(H2,20,21). The van der Waals surface area contributed by atoms with Crippen molar-refractivity contribution in [2.75, 3.05) is 11.5 Å². The molecule has 0 amide bonds. The van der Waals surface area contributed by atoms with Crippen LogP contribution < -0.4 is 5.73 Å². The zero-order chi connectivity index (χ0) is 18.3. The minimum absolute atomic E-state index is 0.0919. The second-order valence-electron chi connectivity index (χ2n) is 6.61. The molecule has 26 heavy (non-hydrogen) atoms. The predicted octanol–water partition coefficient (Wildman–Crippen LogP) is 3.58. The summed E-state index contributed by atoms with van der Waals surface area (Å²) in [6.07, 6.45) is 2.20. The van der Waals surface area contributed by atoms with Crippen molar-refractivity contribution in [2.45, 2.75) is 37.9 Å². The van der Waals surface area contributed by atoms with Crippen LogP contribution in [0.5, 0.6) is 0 Å². The Hall–Kier alpha value is -2.54. The van der Waals surface area contributed by atoms with Gasteiger partial charge in [-0.1, -0.05) is 30.0 Å². The molecule has 0 unspecified atom stereocenters. The summed E-state index contributed by atoms with van der Waals surface area (Å²) in [6, 6.07) is 12.4. The van der Waals surface area contributed by atoms with Crippen molar-refractivity contribution in [3.8, 4) is 5.69 Å². The lowest BCUT2D eigenvalue weighted by Gasteiger charge is -2.09. The molecule has 3 aromatic rings. The number of carbonyl (C=O) groups excluding carboxylic acids is 1. The van der Waals surface area contributed by atoms with Crippen molar-refractivity contribution in [1.29, 1.82) is 0 Å². The topological polar surface area (TPSA) is 78.7 Å². The van der Waals surface area contributed by atoms with Crippen LogP contribution in [0.15, 0.2) is 41.6 Å². The van der Waals surface area contributed by atoms with E-state index in [1.165, 1.54) is 11.8 Å². The molecule has 6 nitrogen and oxygen atoms in total. The van der Waals surface area contributed by atoms with Crippen LogP contribution in [-0.2, 0) is 0 Å². The van der Waals surface area contributed by atoms with E-state index in [1.54, 1.807) is 0 Å². The minimum atomic E-state index is 0.0919. The summed E-state index contributed by atoms with van der Waals surface area (Å²) < 4.78 is 4.06. The van der Waals surface area contributed by atoms with E-state index in [2.05, 4.69) is 14.8 Å². The van der Waals surface area contributed by atoms with Crippen LogP contribution >= 0.6 is 11.8 Å². The zero-order valence-corrected chi connectivity index (χ0v) is 15.7. The smallest absolute Gasteiger partial charge is 0.222 e. The summed E-state index contributed by atoms with van der Waals surface area (Å²) in [4.78, 5) is 12.8. The second kappa shape index (κ2) is 6.64. The normalized spacial score (nSPS) is 13.9. The van der Waals surface area contributed by atoms with Crippen molar-refractivity contribution >= 4 is 23.5 Å². The average molecular weight is 367 g/mol. The first kappa shape index (κ1) is 16.9. The summed E-state index contributed by atoms with van der Waals surface area (Å²) >= 11 is 1.41. The van der Waals surface area contributed by atoms with E-state index < -0.39 is 0 Å². The number of aryl methyl sites for hydroxylation is 1. The Bertz CT molecular complexity index is 956. The number of thioether (sulfide) groups is 1. The number of hydrogen-bond donors (Lipinski definition) is 1. The lowest BCUT2D eigenvalue weighted by atomic mass is 10.2. The molecule has 2 aromatic heterocycles. The van der Waals surface area contributed by atoms with Gasteiger partial charge in [-0.25, -0.2) is 0 Å². The largest absolute Gasteiger partial charge is 0.368 e. The molecule has 1 aliphatic carbocycles. The number of nitrogens with two attached hydrogens (primary N) is 1. The number of rotatable bonds is 6. The molecule has 4 rings (SSSR count). The van der Waals surface area contributed by atoms with Gasteiger partial charge in [0.15, 0.2) is 10.9 Å². The molecule has 7 heteroatoms. The molecule has 1 aromatic carbocycles. The molecular weight excluding hydrogens is 346 g/mol. The summed E-state index contributed by atoms with van der Waals surface area (Å²) in [7, 11) is 0. The fraction of sp³-hybridized carbons (Fsp3) is 0.316. The third kappa shape index (κ3) is 3.03. The molecule has 0 radical (unpaired) electrons. The van der Waals surface area contributed by atoms with E-state index in [0.29, 0.717) is 17.7 Å². The van der Waals surface area contributed by atoms with E-state index in [0.717, 1.165) is 40.6 Å². The number of ketones is 1. The highest BCUT2D eigenvalue weighted by Crippen LogP contribution is 2.39. The Morgan fingerprint density at radius 2 is 1.96 bits per heavy atom. The molecule has 0 atom stereocenters. The quantitative estimate of drug-likeness (QED) is 0.532. The van der Waals surface area contributed by atoms with Crippen LogP contribution in [0.1, 0.15) is 40.6 Å². The number of Topliss-reactive ketones (excluding diaryl/α,β-unsaturated/α-hetero) is 1. The number of nitrogens with zero attached hydrogens (tertiary/aromatic N) is 4. The van der Waals surface area contributed by atoms with E-state index in [9.17, 15) is 4.79 Å². The lowest BCUT2D eigenvalue weighted by Crippen LogP contribution is -2.07. The molecule has 0 bridgehead atoms. The van der Waals surface area contributed by atoms with Crippen LogP contribution in [0.25, 0.3) is 5.69 Å². The van der Waals surface area contributed by atoms with Crippen LogP contribution in [0, 0.1) is 13.8 Å². The molecule has 0 spiro atoms. The van der Waals surface area contributed by atoms with Crippen LogP contribution in [-0.4, -0.2) is 30.9 Å². The van der Waals surface area contributed by atoms with Gasteiger partial charge in [-0.3, -0.25) is 9.36 Å². The monoisotopic (exact) mass is 367 g/mol. The Labute approximate surface area is 156 Å². The van der Waals surface area contributed by atoms with Gasteiger partial charge in [-0.05, 0) is 44.9 Å². The fourth-order valence-corrected chi connectivity index (χ4v) is 4.19. The van der Waals surface area contributed by atoms with Crippen LogP contribution in [0.4, 0.5) is 5.95 Å². The minimum Gasteiger partial charge on any atom is -0.368 e. The zero-order valence-electron chi connectivity index (χ0n) is 14.8. The van der Waals surface area contributed by atoms with Gasteiger partial charge in [-0.15, -0.1) is 10.2 Å². The maximum absolute atomic E-state index is 12.8. The van der Waals surface area contributed by atoms with Crippen LogP contribution in [0.2, 0.25) is 0 Å². The van der Waals surface area contributed by atoms with Gasteiger partial charge in [-0.2, -0.15) is 0 Å². The third-order valence-corrected chi connectivity index (χ3v) is 5.62. The van der Waals surface area contributed by atoms with Crippen molar-refractivity contribution in [3.05, 3.63) is 53.3 Å². The number of carbonyl (C=O) groups is 1. The van der Waals surface area contributed by atoms with Gasteiger partial charge in [0.2, 0.25) is 5.95 Å². The maximum atomic E-state index is 12.8. The SMILES string of the molecule is Cc1cc(C(=O)CSc2nnc(N)n2C2CC2)c(C)n1-c1ccccc1. The molecule has 2 heterocycles. The summed E-state index contributed by atoms with van der Waals surface area (Å²) in [5.41, 5.74) is 9.73. The molecule has 1 aliphatic rings. The van der Waals surface area contributed by atoms with Crippen molar-refractivity contribution in [3.63, 3.8) is 0 Å². The lowest BCUT2D eigenvalue weighted by molar-refractivity contribution is 0.102. The average Bonchev–Trinajstić information content (AvgIpc) is 3.34. The van der Waals surface area contributed by atoms with E-state index in [4.69, 9.17) is 5.73 Å². The van der Waals surface area contributed by atoms with E-state index in [-0.39, 0.29) is 5.78 Å². The first-order valence-electron chi connectivity index (χ1n) is 8.67. The van der Waals surface area contributed by atoms with E-state index in [1.807, 2.05) is 54.8 Å². The Morgan fingerprint density at radius 3 is 2.65 bits per heavy atom. The van der Waals surface area contributed by atoms with Crippen molar-refractivity contribution < 1.29 is 4.79 Å². The summed E-state index contributed by atoms with van der Waals surface area (Å²) in [5, 5.41) is 8.82. The molecule has 2 N–H and O–H groups in total. The molecule has 1 saturated carbocycles. The van der Waals surface area contributed by atoms with Gasteiger partial charge in [0.25, 0.3) is 0 Å². The molecule has 1 fully saturated rings. The van der Waals surface area contributed by atoms with Gasteiger partial charge >= 0.3 is 0 Å². The molecule has 134 valence electrons. The predicted molar refractivity (Wildman–Crippen MR) is 103 cm³/mol. The van der Waals surface area contributed by atoms with Gasteiger partial charge in [0, 0.05) is 28.7 Å². The fourth-order valence-electron chi connectivity index (χ4n) is 3.29. The number of para-hydroxylation sites is 1. The molecule has 0 aliphatic heterocycles. The Kier molecular flexibility index (Phi) is 4.32. The highest BCUT2D eigenvalue weighted by atomic mass is 32.2. The van der Waals surface area contributed by atoms with Gasteiger partial charge in [0.05, 0.1) is 5.75 Å². The van der Waals surface area contributed by atoms with Gasteiger partial charge in [0.1, 0.15) is 0 Å². The van der Waals surface area contributed by atoms with E-state index >= 15 is 0 Å². The first-order chi connectivity index (χ1) is 12.6.